The summed E-state index contributed by atoms with van der Waals surface area (Å²) < 4.78 is 9.17. The van der Waals surface area contributed by atoms with Crippen LogP contribution in [0.25, 0.3) is 17.0 Å². The Hall–Kier alpha value is -2.23. The normalized spacial score (nSPS) is 38.2. The van der Waals surface area contributed by atoms with E-state index in [4.69, 9.17) is 4.74 Å². The second-order valence-corrected chi connectivity index (χ2v) is 12.6. The van der Waals surface area contributed by atoms with Crippen molar-refractivity contribution in [3.8, 4) is 0 Å². The average molecular weight is 454 g/mol. The first-order valence-electron chi connectivity index (χ1n) is 12.3. The zero-order valence-electron chi connectivity index (χ0n) is 19.8. The topological polar surface area (TPSA) is 14.2 Å². The van der Waals surface area contributed by atoms with E-state index in [-0.39, 0.29) is 27.7 Å². The fraction of sp³-hybridized carbons (Fsp3) is 0.400. The maximum atomic E-state index is 6.50. The number of thioether (sulfide) groups is 1. The summed E-state index contributed by atoms with van der Waals surface area (Å²) >= 11 is 2.08. The molecule has 1 fully saturated rings. The van der Waals surface area contributed by atoms with E-state index in [2.05, 4.69) is 117 Å². The van der Waals surface area contributed by atoms with Crippen LogP contribution in [0.3, 0.4) is 0 Å². The number of benzene rings is 2. The van der Waals surface area contributed by atoms with Crippen molar-refractivity contribution in [2.75, 3.05) is 6.61 Å². The highest BCUT2D eigenvalue weighted by Crippen LogP contribution is 2.65. The fourth-order valence-corrected chi connectivity index (χ4v) is 8.81. The Morgan fingerprint density at radius 2 is 1.82 bits per heavy atom. The van der Waals surface area contributed by atoms with Crippen LogP contribution in [0.5, 0.6) is 0 Å². The molecule has 0 bridgehead atoms. The summed E-state index contributed by atoms with van der Waals surface area (Å²) in [6.45, 7) is 10.5. The lowest BCUT2D eigenvalue weighted by atomic mass is 9.64. The molecule has 0 amide bonds. The quantitative estimate of drug-likeness (QED) is 0.350. The highest BCUT2D eigenvalue weighted by molar-refractivity contribution is 8.01. The highest BCUT2D eigenvalue weighted by atomic mass is 32.2. The molecule has 3 heteroatoms. The number of rotatable bonds is 1. The summed E-state index contributed by atoms with van der Waals surface area (Å²) in [4.78, 5) is 1.44. The third-order valence-electron chi connectivity index (χ3n) is 9.58. The number of fused-ring (bicyclic) bond motifs is 8. The summed E-state index contributed by atoms with van der Waals surface area (Å²) in [5.41, 5.74) is 5.72. The molecule has 1 aromatic heterocycles. The fourth-order valence-electron chi connectivity index (χ4n) is 7.08. The van der Waals surface area contributed by atoms with E-state index < -0.39 is 0 Å². The second kappa shape index (κ2) is 6.46. The zero-order valence-corrected chi connectivity index (χ0v) is 20.7. The van der Waals surface area contributed by atoms with E-state index in [0.717, 1.165) is 13.0 Å². The van der Waals surface area contributed by atoms with Crippen molar-refractivity contribution < 1.29 is 4.74 Å². The van der Waals surface area contributed by atoms with Gasteiger partial charge in [-0.15, -0.1) is 11.8 Å². The summed E-state index contributed by atoms with van der Waals surface area (Å²) in [5.74, 6) is 0.518. The van der Waals surface area contributed by atoms with Gasteiger partial charge in [0.05, 0.1) is 23.5 Å². The molecule has 1 saturated heterocycles. The Morgan fingerprint density at radius 3 is 2.70 bits per heavy atom. The van der Waals surface area contributed by atoms with Gasteiger partial charge in [0.1, 0.15) is 0 Å². The van der Waals surface area contributed by atoms with E-state index >= 15 is 0 Å². The zero-order chi connectivity index (χ0) is 22.6. The maximum absolute atomic E-state index is 6.50. The minimum absolute atomic E-state index is 0.0272. The molecule has 168 valence electrons. The van der Waals surface area contributed by atoms with Gasteiger partial charge in [0.15, 0.2) is 0 Å². The molecule has 6 atom stereocenters. The van der Waals surface area contributed by atoms with Gasteiger partial charge in [-0.05, 0) is 43.0 Å². The molecule has 4 aliphatic rings. The molecule has 2 aromatic carbocycles. The third kappa shape index (κ3) is 2.31. The van der Waals surface area contributed by atoms with Gasteiger partial charge in [0.2, 0.25) is 0 Å². The van der Waals surface area contributed by atoms with Crippen LogP contribution in [-0.2, 0) is 10.2 Å². The number of hydrogen-bond acceptors (Lipinski definition) is 2. The van der Waals surface area contributed by atoms with Gasteiger partial charge < -0.3 is 9.30 Å². The van der Waals surface area contributed by atoms with Crippen molar-refractivity contribution in [3.05, 3.63) is 83.6 Å². The van der Waals surface area contributed by atoms with Crippen LogP contribution in [0, 0.1) is 11.3 Å². The number of allylic oxidation sites excluding steroid dienone is 2. The van der Waals surface area contributed by atoms with Gasteiger partial charge in [0, 0.05) is 37.9 Å². The van der Waals surface area contributed by atoms with Crippen LogP contribution >= 0.6 is 11.8 Å². The van der Waals surface area contributed by atoms with Crippen LogP contribution in [-0.4, -0.2) is 15.9 Å². The van der Waals surface area contributed by atoms with Crippen LogP contribution in [0.2, 0.25) is 0 Å². The molecule has 2 aliphatic carbocycles. The van der Waals surface area contributed by atoms with Crippen molar-refractivity contribution in [3.63, 3.8) is 0 Å². The Labute approximate surface area is 200 Å². The summed E-state index contributed by atoms with van der Waals surface area (Å²) in [7, 11) is 0. The number of para-hydroxylation sites is 1. The van der Waals surface area contributed by atoms with Gasteiger partial charge >= 0.3 is 0 Å². The summed E-state index contributed by atoms with van der Waals surface area (Å²) in [5, 5.41) is 1.35. The molecule has 3 aromatic rings. The Kier molecular flexibility index (Phi) is 3.95. The van der Waals surface area contributed by atoms with Crippen LogP contribution in [0.1, 0.15) is 63.1 Å². The average Bonchev–Trinajstić information content (AvgIpc) is 3.39. The molecular weight excluding hydrogens is 422 g/mol. The first kappa shape index (κ1) is 20.2. The van der Waals surface area contributed by atoms with Crippen molar-refractivity contribution >= 4 is 28.7 Å². The first-order valence-corrected chi connectivity index (χ1v) is 13.1. The molecular formula is C30H31NOS. The van der Waals surface area contributed by atoms with Crippen LogP contribution in [0.15, 0.2) is 71.7 Å². The lowest BCUT2D eigenvalue weighted by Crippen LogP contribution is -2.49. The van der Waals surface area contributed by atoms with Crippen molar-refractivity contribution in [1.29, 1.82) is 0 Å². The third-order valence-corrected chi connectivity index (χ3v) is 11.3. The number of nitrogens with zero attached hydrogens (tertiary/aromatic N) is 1. The van der Waals surface area contributed by atoms with Crippen LogP contribution < -0.4 is 0 Å². The van der Waals surface area contributed by atoms with E-state index in [1.165, 1.54) is 32.6 Å². The minimum Gasteiger partial charge on any atom is -0.372 e. The van der Waals surface area contributed by atoms with E-state index in [0.29, 0.717) is 5.92 Å². The van der Waals surface area contributed by atoms with Gasteiger partial charge in [-0.25, -0.2) is 0 Å². The monoisotopic (exact) mass is 453 g/mol. The molecule has 0 N–H and O–H groups in total. The van der Waals surface area contributed by atoms with E-state index in [9.17, 15) is 0 Å². The lowest BCUT2D eigenvalue weighted by Gasteiger charge is -2.48. The number of ether oxygens (including phenoxy) is 1. The predicted molar refractivity (Wildman–Crippen MR) is 138 cm³/mol. The highest BCUT2D eigenvalue weighted by Gasteiger charge is 2.58. The van der Waals surface area contributed by atoms with E-state index in [1.54, 1.807) is 0 Å². The number of hydrogen-bond donors (Lipinski definition) is 0. The van der Waals surface area contributed by atoms with Crippen LogP contribution in [0.4, 0.5) is 0 Å². The Morgan fingerprint density at radius 1 is 1.03 bits per heavy atom. The molecule has 2 aliphatic heterocycles. The molecule has 33 heavy (non-hydrogen) atoms. The molecule has 2 nitrogen and oxygen atoms in total. The van der Waals surface area contributed by atoms with Crippen molar-refractivity contribution in [2.24, 2.45) is 11.3 Å². The molecule has 3 heterocycles. The smallest absolute Gasteiger partial charge is 0.0943 e. The number of aromatic nitrogens is 1. The second-order valence-electron chi connectivity index (χ2n) is 11.1. The maximum Gasteiger partial charge on any atom is 0.0943 e. The van der Waals surface area contributed by atoms with Gasteiger partial charge in [-0.1, -0.05) is 75.4 Å². The Bertz CT molecular complexity index is 1370. The largest absolute Gasteiger partial charge is 0.372 e. The summed E-state index contributed by atoms with van der Waals surface area (Å²) in [6.07, 6.45) is 11.0. The molecule has 0 saturated carbocycles. The Balaban J connectivity index is 1.49. The van der Waals surface area contributed by atoms with Gasteiger partial charge in [0.25, 0.3) is 0 Å². The van der Waals surface area contributed by atoms with Gasteiger partial charge in [-0.2, -0.15) is 0 Å². The standard InChI is InChI=1S/C30H31NOS/c1-19-18-32-27-26-20-10-5-7-12-22(20)31(23(26)15-17-28(19,27)2)25-14-9-16-29(3)21-11-6-8-13-24(21)33-30(25,29)4/h5-15,17,19,25,27H,16,18H2,1-4H3. The molecule has 7 rings (SSSR count). The molecule has 0 radical (unpaired) electrons. The SMILES string of the molecule is CC1COC2c3c(n(C4C=CCC5(C)c6ccccc6SC45C)c4ccccc34)C=CC12C. The van der Waals surface area contributed by atoms with Crippen molar-refractivity contribution in [1.82, 2.24) is 4.57 Å². The van der Waals surface area contributed by atoms with Crippen molar-refractivity contribution in [2.45, 2.75) is 61.3 Å². The molecule has 6 unspecified atom stereocenters. The van der Waals surface area contributed by atoms with Gasteiger partial charge in [-0.3, -0.25) is 0 Å². The van der Waals surface area contributed by atoms with E-state index in [1.807, 2.05) is 0 Å². The first-order chi connectivity index (χ1) is 15.9. The lowest BCUT2D eigenvalue weighted by molar-refractivity contribution is 0.0735. The predicted octanol–water partition coefficient (Wildman–Crippen LogP) is 7.71. The summed E-state index contributed by atoms with van der Waals surface area (Å²) in [6, 6.07) is 18.3. The molecule has 0 spiro atoms. The minimum atomic E-state index is 0.0272.